The van der Waals surface area contributed by atoms with Crippen molar-refractivity contribution in [1.82, 2.24) is 20.2 Å². The molecule has 0 spiro atoms. The first kappa shape index (κ1) is 13.7. The van der Waals surface area contributed by atoms with Crippen LogP contribution in [0.4, 0.5) is 10.2 Å². The molecule has 0 aliphatic heterocycles. The number of nitrogens with zero attached hydrogens (tertiary/aromatic N) is 3. The van der Waals surface area contributed by atoms with Crippen LogP contribution in [0.1, 0.15) is 11.7 Å². The lowest BCUT2D eigenvalue weighted by Crippen LogP contribution is -2.13. The minimum Gasteiger partial charge on any atom is -0.387 e. The molecular weight excluding hydrogens is 297 g/mol. The zero-order valence-corrected chi connectivity index (χ0v) is 11.5. The Balaban J connectivity index is 1.75. The van der Waals surface area contributed by atoms with Crippen LogP contribution >= 0.6 is 11.6 Å². The van der Waals surface area contributed by atoms with Gasteiger partial charge in [-0.1, -0.05) is 17.7 Å². The fraction of sp³-hybridized carbons (Fsp3) is 0.154. The van der Waals surface area contributed by atoms with Gasteiger partial charge in [0.1, 0.15) is 18.0 Å². The Hall–Kier alpha value is -2.25. The van der Waals surface area contributed by atoms with Crippen LogP contribution in [0.2, 0.25) is 5.02 Å². The Morgan fingerprint density at radius 2 is 2.24 bits per heavy atom. The molecule has 1 aromatic carbocycles. The molecule has 1 atom stereocenters. The number of H-pyrrole nitrogens is 1. The summed E-state index contributed by atoms with van der Waals surface area (Å²) in [6.45, 7) is 0.165. The van der Waals surface area contributed by atoms with Crippen LogP contribution in [-0.2, 0) is 0 Å². The van der Waals surface area contributed by atoms with Crippen molar-refractivity contribution in [2.75, 3.05) is 11.9 Å². The van der Waals surface area contributed by atoms with Gasteiger partial charge in [0.05, 0.1) is 22.7 Å². The highest BCUT2D eigenvalue weighted by molar-refractivity contribution is 6.30. The lowest BCUT2D eigenvalue weighted by Gasteiger charge is -2.13. The Morgan fingerprint density at radius 1 is 1.38 bits per heavy atom. The number of hydrogen-bond acceptors (Lipinski definition) is 5. The predicted octanol–water partition coefficient (Wildman–Crippen LogP) is 2.29. The van der Waals surface area contributed by atoms with Gasteiger partial charge in [0.15, 0.2) is 5.65 Å². The number of aliphatic hydroxyl groups excluding tert-OH is 1. The second kappa shape index (κ2) is 5.63. The molecule has 8 heteroatoms. The average Bonchev–Trinajstić information content (AvgIpc) is 2.96. The summed E-state index contributed by atoms with van der Waals surface area (Å²) in [6.07, 6.45) is 2.08. The fourth-order valence-corrected chi connectivity index (χ4v) is 2.05. The van der Waals surface area contributed by atoms with Gasteiger partial charge in [0.2, 0.25) is 0 Å². The summed E-state index contributed by atoms with van der Waals surface area (Å²) in [6, 6.07) is 4.20. The van der Waals surface area contributed by atoms with Gasteiger partial charge in [-0.25, -0.2) is 14.4 Å². The van der Waals surface area contributed by atoms with Crippen LogP contribution in [-0.4, -0.2) is 31.8 Å². The first-order valence-corrected chi connectivity index (χ1v) is 6.54. The third-order valence-corrected chi connectivity index (χ3v) is 3.35. The summed E-state index contributed by atoms with van der Waals surface area (Å²) in [5, 5.41) is 20.4. The predicted molar refractivity (Wildman–Crippen MR) is 76.5 cm³/mol. The number of nitrogens with one attached hydrogen (secondary N) is 2. The third-order valence-electron chi connectivity index (χ3n) is 3.04. The second-order valence-corrected chi connectivity index (χ2v) is 4.83. The second-order valence-electron chi connectivity index (χ2n) is 4.42. The average molecular weight is 308 g/mol. The number of hydrogen-bond donors (Lipinski definition) is 3. The monoisotopic (exact) mass is 307 g/mol. The summed E-state index contributed by atoms with van der Waals surface area (Å²) in [5.41, 5.74) is 1.03. The van der Waals surface area contributed by atoms with E-state index < -0.39 is 11.9 Å². The van der Waals surface area contributed by atoms with E-state index in [1.807, 2.05) is 0 Å². The normalized spacial score (nSPS) is 12.5. The molecule has 21 heavy (non-hydrogen) atoms. The third kappa shape index (κ3) is 2.79. The first-order valence-electron chi connectivity index (χ1n) is 6.16. The van der Waals surface area contributed by atoms with Gasteiger partial charge in [-0.2, -0.15) is 5.10 Å². The van der Waals surface area contributed by atoms with Crippen LogP contribution < -0.4 is 5.32 Å². The quantitative estimate of drug-likeness (QED) is 0.688. The molecule has 0 unspecified atom stereocenters. The number of aromatic amines is 1. The number of anilines is 1. The van der Waals surface area contributed by atoms with Crippen molar-refractivity contribution in [3.63, 3.8) is 0 Å². The largest absolute Gasteiger partial charge is 0.387 e. The number of halogens is 2. The lowest BCUT2D eigenvalue weighted by atomic mass is 10.1. The molecule has 3 N–H and O–H groups in total. The number of benzene rings is 1. The molecule has 0 bridgehead atoms. The Kier molecular flexibility index (Phi) is 3.68. The maximum absolute atomic E-state index is 13.4. The number of rotatable bonds is 4. The van der Waals surface area contributed by atoms with Gasteiger partial charge in [0, 0.05) is 6.54 Å². The number of fused-ring (bicyclic) bond motifs is 1. The van der Waals surface area contributed by atoms with E-state index in [0.717, 1.165) is 0 Å². The number of aliphatic hydroxyl groups is 1. The zero-order chi connectivity index (χ0) is 14.8. The van der Waals surface area contributed by atoms with Gasteiger partial charge in [-0.3, -0.25) is 5.10 Å². The highest BCUT2D eigenvalue weighted by Crippen LogP contribution is 2.22. The molecule has 2 heterocycles. The molecule has 0 amide bonds. The highest BCUT2D eigenvalue weighted by Gasteiger charge is 2.12. The van der Waals surface area contributed by atoms with Crippen LogP contribution in [0.3, 0.4) is 0 Å². The smallest absolute Gasteiger partial charge is 0.160 e. The van der Waals surface area contributed by atoms with E-state index in [1.54, 1.807) is 12.3 Å². The van der Waals surface area contributed by atoms with Crippen molar-refractivity contribution in [3.05, 3.63) is 47.1 Å². The van der Waals surface area contributed by atoms with Crippen molar-refractivity contribution in [2.45, 2.75) is 6.10 Å². The van der Waals surface area contributed by atoms with E-state index in [2.05, 4.69) is 25.5 Å². The molecular formula is C13H11ClFN5O. The van der Waals surface area contributed by atoms with E-state index >= 15 is 0 Å². The van der Waals surface area contributed by atoms with Crippen LogP contribution in [0.25, 0.3) is 11.0 Å². The van der Waals surface area contributed by atoms with E-state index in [9.17, 15) is 9.50 Å². The maximum Gasteiger partial charge on any atom is 0.160 e. The molecule has 0 aliphatic carbocycles. The van der Waals surface area contributed by atoms with Gasteiger partial charge >= 0.3 is 0 Å². The van der Waals surface area contributed by atoms with Crippen molar-refractivity contribution in [1.29, 1.82) is 0 Å². The van der Waals surface area contributed by atoms with Gasteiger partial charge in [-0.15, -0.1) is 0 Å². The van der Waals surface area contributed by atoms with E-state index in [-0.39, 0.29) is 11.6 Å². The molecule has 0 aliphatic rings. The molecule has 0 fully saturated rings. The molecule has 3 rings (SSSR count). The van der Waals surface area contributed by atoms with Gasteiger partial charge in [-0.05, 0) is 17.7 Å². The van der Waals surface area contributed by atoms with Crippen molar-refractivity contribution in [3.8, 4) is 0 Å². The van der Waals surface area contributed by atoms with E-state index in [4.69, 9.17) is 11.6 Å². The SMILES string of the molecule is O[C@H](CNc1ncnc2[nH]ncc12)c1ccc(Cl)c(F)c1. The summed E-state index contributed by atoms with van der Waals surface area (Å²) < 4.78 is 13.4. The van der Waals surface area contributed by atoms with Crippen molar-refractivity contribution >= 4 is 28.5 Å². The van der Waals surface area contributed by atoms with Gasteiger partial charge in [0.25, 0.3) is 0 Å². The van der Waals surface area contributed by atoms with E-state index in [1.165, 1.54) is 18.5 Å². The minimum atomic E-state index is -0.895. The summed E-state index contributed by atoms with van der Waals surface area (Å²) in [5.74, 6) is -0.0188. The van der Waals surface area contributed by atoms with Crippen molar-refractivity contribution < 1.29 is 9.50 Å². The van der Waals surface area contributed by atoms with E-state index in [0.29, 0.717) is 22.4 Å². The van der Waals surface area contributed by atoms with Crippen LogP contribution in [0.5, 0.6) is 0 Å². The summed E-state index contributed by atoms with van der Waals surface area (Å²) >= 11 is 5.61. The molecule has 3 aromatic rings. The Bertz CT molecular complexity index is 778. The topological polar surface area (TPSA) is 86.7 Å². The fourth-order valence-electron chi connectivity index (χ4n) is 1.94. The number of aromatic nitrogens is 4. The molecule has 2 aromatic heterocycles. The Morgan fingerprint density at radius 3 is 3.05 bits per heavy atom. The molecule has 6 nitrogen and oxygen atoms in total. The minimum absolute atomic E-state index is 0.0230. The molecule has 0 saturated heterocycles. The highest BCUT2D eigenvalue weighted by atomic mass is 35.5. The molecule has 0 saturated carbocycles. The van der Waals surface area contributed by atoms with Crippen LogP contribution in [0, 0.1) is 5.82 Å². The summed E-state index contributed by atoms with van der Waals surface area (Å²) in [7, 11) is 0. The Labute approximate surface area is 124 Å². The lowest BCUT2D eigenvalue weighted by molar-refractivity contribution is 0.191. The standard InChI is InChI=1S/C13H11ClFN5O/c14-9-2-1-7(3-10(9)15)11(21)5-16-12-8-4-19-20-13(8)18-6-17-12/h1-4,6,11,21H,5H2,(H2,16,17,18,19,20)/t11-/m1/s1. The maximum atomic E-state index is 13.4. The van der Waals surface area contributed by atoms with Gasteiger partial charge < -0.3 is 10.4 Å². The first-order chi connectivity index (χ1) is 10.1. The molecule has 108 valence electrons. The summed E-state index contributed by atoms with van der Waals surface area (Å²) in [4.78, 5) is 8.10. The van der Waals surface area contributed by atoms with Crippen LogP contribution in [0.15, 0.2) is 30.7 Å². The molecule has 0 radical (unpaired) electrons. The zero-order valence-electron chi connectivity index (χ0n) is 10.7. The van der Waals surface area contributed by atoms with Crippen molar-refractivity contribution in [2.24, 2.45) is 0 Å².